The number of piperazine rings is 1. The first-order valence-electron chi connectivity index (χ1n) is 15.4. The van der Waals surface area contributed by atoms with Gasteiger partial charge in [-0.05, 0) is 75.8 Å². The molecule has 2 saturated heterocycles. The van der Waals surface area contributed by atoms with E-state index < -0.39 is 0 Å². The van der Waals surface area contributed by atoms with Crippen LogP contribution in [0.5, 0.6) is 5.88 Å². The lowest BCUT2D eigenvalue weighted by Gasteiger charge is -2.45. The SMILES string of the molecule is COc1nc2ccccc2cc1-c1cnc(C2CN(C3CCN(C)CC3)CCN2C(=O)Cc2c(C)[nH]c3ccc(F)cc23)[nH]1. The third-order valence-corrected chi connectivity index (χ3v) is 9.43. The number of piperidine rings is 1. The van der Waals surface area contributed by atoms with Gasteiger partial charge in [-0.15, -0.1) is 0 Å². The van der Waals surface area contributed by atoms with Crippen LogP contribution in [0.3, 0.4) is 0 Å². The number of ether oxygens (including phenoxy) is 1. The van der Waals surface area contributed by atoms with Gasteiger partial charge >= 0.3 is 0 Å². The summed E-state index contributed by atoms with van der Waals surface area (Å²) in [6, 6.07) is 14.9. The highest BCUT2D eigenvalue weighted by Crippen LogP contribution is 2.34. The molecule has 7 rings (SSSR count). The Morgan fingerprint density at radius 3 is 2.70 bits per heavy atom. The van der Waals surface area contributed by atoms with Gasteiger partial charge in [-0.3, -0.25) is 9.69 Å². The maximum atomic E-state index is 14.2. The third-order valence-electron chi connectivity index (χ3n) is 9.43. The van der Waals surface area contributed by atoms with E-state index in [0.29, 0.717) is 25.0 Å². The fourth-order valence-electron chi connectivity index (χ4n) is 6.95. The third kappa shape index (κ3) is 5.33. The Morgan fingerprint density at radius 2 is 1.89 bits per heavy atom. The van der Waals surface area contributed by atoms with E-state index in [9.17, 15) is 9.18 Å². The van der Waals surface area contributed by atoms with Gasteiger partial charge in [0.05, 0.1) is 36.5 Å². The molecule has 2 aromatic carbocycles. The summed E-state index contributed by atoms with van der Waals surface area (Å²) in [5.41, 5.74) is 5.04. The van der Waals surface area contributed by atoms with Crippen molar-refractivity contribution >= 4 is 27.7 Å². The van der Waals surface area contributed by atoms with Crippen LogP contribution in [0, 0.1) is 12.7 Å². The van der Waals surface area contributed by atoms with Crippen molar-refractivity contribution in [3.05, 3.63) is 77.6 Å². The second-order valence-corrected chi connectivity index (χ2v) is 12.1. The van der Waals surface area contributed by atoms with Gasteiger partial charge in [-0.1, -0.05) is 18.2 Å². The summed E-state index contributed by atoms with van der Waals surface area (Å²) >= 11 is 0. The van der Waals surface area contributed by atoms with Gasteiger partial charge in [-0.2, -0.15) is 0 Å². The Hall–Kier alpha value is -4.28. The van der Waals surface area contributed by atoms with E-state index in [1.54, 1.807) is 13.2 Å². The van der Waals surface area contributed by atoms with Crippen LogP contribution >= 0.6 is 0 Å². The zero-order chi connectivity index (χ0) is 30.4. The van der Waals surface area contributed by atoms with Crippen molar-refractivity contribution in [3.8, 4) is 17.1 Å². The number of amides is 1. The lowest BCUT2D eigenvalue weighted by atomic mass is 10.00. The minimum Gasteiger partial charge on any atom is -0.480 e. The van der Waals surface area contributed by atoms with E-state index in [2.05, 4.69) is 32.9 Å². The predicted octanol–water partition coefficient (Wildman–Crippen LogP) is 5.08. The molecule has 1 atom stereocenters. The predicted molar refractivity (Wildman–Crippen MR) is 169 cm³/mol. The van der Waals surface area contributed by atoms with Crippen molar-refractivity contribution in [2.24, 2.45) is 0 Å². The number of carbonyl (C=O) groups is 1. The van der Waals surface area contributed by atoms with E-state index in [1.807, 2.05) is 42.3 Å². The Morgan fingerprint density at radius 1 is 1.07 bits per heavy atom. The molecule has 0 bridgehead atoms. The number of rotatable bonds is 6. The first-order valence-corrected chi connectivity index (χ1v) is 15.4. The zero-order valence-electron chi connectivity index (χ0n) is 25.4. The summed E-state index contributed by atoms with van der Waals surface area (Å²) in [5.74, 6) is 0.957. The van der Waals surface area contributed by atoms with Crippen LogP contribution in [-0.2, 0) is 11.2 Å². The number of hydrogen-bond acceptors (Lipinski definition) is 6. The molecule has 0 spiro atoms. The Bertz CT molecular complexity index is 1820. The first-order chi connectivity index (χ1) is 21.4. The number of aryl methyl sites for hydroxylation is 1. The molecule has 2 aliphatic rings. The minimum atomic E-state index is -0.309. The summed E-state index contributed by atoms with van der Waals surface area (Å²) in [4.78, 5) is 37.4. The van der Waals surface area contributed by atoms with Crippen LogP contribution in [0.15, 0.2) is 54.7 Å². The summed E-state index contributed by atoms with van der Waals surface area (Å²) in [6.45, 7) is 6.20. The summed E-state index contributed by atoms with van der Waals surface area (Å²) < 4.78 is 19.9. The van der Waals surface area contributed by atoms with Crippen molar-refractivity contribution in [2.75, 3.05) is 46.9 Å². The zero-order valence-corrected chi connectivity index (χ0v) is 25.4. The van der Waals surface area contributed by atoms with Gasteiger partial charge in [0.1, 0.15) is 17.7 Å². The highest BCUT2D eigenvalue weighted by Gasteiger charge is 2.37. The lowest BCUT2D eigenvalue weighted by molar-refractivity contribution is -0.136. The van der Waals surface area contributed by atoms with E-state index in [1.165, 1.54) is 12.1 Å². The van der Waals surface area contributed by atoms with Crippen LogP contribution in [0.4, 0.5) is 4.39 Å². The van der Waals surface area contributed by atoms with Crippen molar-refractivity contribution < 1.29 is 13.9 Å². The van der Waals surface area contributed by atoms with Crippen molar-refractivity contribution in [1.82, 2.24) is 34.6 Å². The Kier molecular flexibility index (Phi) is 7.55. The van der Waals surface area contributed by atoms with Crippen LogP contribution in [0.1, 0.15) is 36.0 Å². The summed E-state index contributed by atoms with van der Waals surface area (Å²) in [6.07, 6.45) is 4.23. The molecular formula is C34H38FN7O2. The number of imidazole rings is 1. The number of benzene rings is 2. The maximum absolute atomic E-state index is 14.2. The molecule has 0 saturated carbocycles. The number of likely N-dealkylation sites (tertiary alicyclic amines) is 1. The lowest BCUT2D eigenvalue weighted by Crippen LogP contribution is -2.55. The molecular weight excluding hydrogens is 557 g/mol. The normalized spacial score (nSPS) is 18.8. The number of halogens is 1. The Balaban J connectivity index is 1.22. The molecule has 9 nitrogen and oxygen atoms in total. The number of carbonyl (C=O) groups excluding carboxylic acids is 1. The number of para-hydroxylation sites is 1. The highest BCUT2D eigenvalue weighted by atomic mass is 19.1. The fraction of sp³-hybridized carbons (Fsp3) is 0.382. The minimum absolute atomic E-state index is 0.00851. The number of nitrogens with one attached hydrogen (secondary N) is 2. The molecule has 2 aliphatic heterocycles. The van der Waals surface area contributed by atoms with Crippen LogP contribution < -0.4 is 4.74 Å². The van der Waals surface area contributed by atoms with Gasteiger partial charge in [0.2, 0.25) is 11.8 Å². The molecule has 5 aromatic rings. The average molecular weight is 596 g/mol. The van der Waals surface area contributed by atoms with Gasteiger partial charge in [-0.25, -0.2) is 14.4 Å². The molecule has 228 valence electrons. The topological polar surface area (TPSA) is 93.4 Å². The monoisotopic (exact) mass is 595 g/mol. The molecule has 44 heavy (non-hydrogen) atoms. The number of methoxy groups -OCH3 is 1. The van der Waals surface area contributed by atoms with E-state index in [-0.39, 0.29) is 24.2 Å². The quantitative estimate of drug-likeness (QED) is 0.284. The van der Waals surface area contributed by atoms with Crippen molar-refractivity contribution in [2.45, 2.75) is 38.3 Å². The van der Waals surface area contributed by atoms with Crippen molar-refractivity contribution in [1.29, 1.82) is 0 Å². The van der Waals surface area contributed by atoms with Gasteiger partial charge < -0.3 is 24.5 Å². The van der Waals surface area contributed by atoms with Crippen LogP contribution in [0.25, 0.3) is 33.1 Å². The molecule has 2 fully saturated rings. The maximum Gasteiger partial charge on any atom is 0.227 e. The van der Waals surface area contributed by atoms with Gasteiger partial charge in [0.25, 0.3) is 0 Å². The molecule has 3 aromatic heterocycles. The summed E-state index contributed by atoms with van der Waals surface area (Å²) in [7, 11) is 3.80. The largest absolute Gasteiger partial charge is 0.480 e. The average Bonchev–Trinajstić information content (AvgIpc) is 3.65. The molecule has 1 amide bonds. The molecule has 0 aliphatic carbocycles. The smallest absolute Gasteiger partial charge is 0.227 e. The highest BCUT2D eigenvalue weighted by molar-refractivity contribution is 5.90. The molecule has 2 N–H and O–H groups in total. The first kappa shape index (κ1) is 28.5. The molecule has 1 unspecified atom stereocenters. The fourth-order valence-corrected chi connectivity index (χ4v) is 6.95. The van der Waals surface area contributed by atoms with E-state index in [0.717, 1.165) is 82.6 Å². The van der Waals surface area contributed by atoms with Crippen LogP contribution in [0.2, 0.25) is 0 Å². The van der Waals surface area contributed by atoms with Crippen molar-refractivity contribution in [3.63, 3.8) is 0 Å². The standard InChI is InChI=1S/C34H38FN7O2/c1-21-25(26-17-23(35)8-9-29(26)37-21)18-32(43)42-15-14-41(24-10-12-40(2)13-11-24)20-31(42)33-36-19-30(38-33)27-16-22-6-4-5-7-28(22)39-34(27)44-3/h4-9,16-17,19,24,31,37H,10-15,18,20H2,1-3H3,(H,36,38). The Labute approximate surface area is 256 Å². The van der Waals surface area contributed by atoms with Gasteiger partial charge in [0, 0.05) is 47.7 Å². The molecule has 10 heteroatoms. The summed E-state index contributed by atoms with van der Waals surface area (Å²) in [5, 5.41) is 1.77. The number of aromatic nitrogens is 4. The second-order valence-electron chi connectivity index (χ2n) is 12.1. The molecule has 5 heterocycles. The van der Waals surface area contributed by atoms with Crippen LogP contribution in [-0.4, -0.2) is 93.5 Å². The van der Waals surface area contributed by atoms with Gasteiger partial charge in [0.15, 0.2) is 0 Å². The van der Waals surface area contributed by atoms with E-state index in [4.69, 9.17) is 14.7 Å². The number of pyridine rings is 1. The number of aromatic amines is 2. The number of hydrogen-bond donors (Lipinski definition) is 2. The number of nitrogens with zero attached hydrogens (tertiary/aromatic N) is 5. The number of H-pyrrole nitrogens is 2. The number of fused-ring (bicyclic) bond motifs is 2. The second kappa shape index (κ2) is 11.7. The van der Waals surface area contributed by atoms with E-state index >= 15 is 0 Å². The molecule has 0 radical (unpaired) electrons.